The second-order valence-electron chi connectivity index (χ2n) is 6.47. The van der Waals surface area contributed by atoms with E-state index in [-0.39, 0.29) is 17.2 Å². The van der Waals surface area contributed by atoms with Crippen molar-refractivity contribution < 1.29 is 18.3 Å². The van der Waals surface area contributed by atoms with E-state index in [9.17, 15) is 13.6 Å². The van der Waals surface area contributed by atoms with Gasteiger partial charge in [0.2, 0.25) is 6.36 Å². The van der Waals surface area contributed by atoms with Gasteiger partial charge < -0.3 is 15.5 Å². The van der Waals surface area contributed by atoms with Crippen molar-refractivity contribution in [2.24, 2.45) is 0 Å². The van der Waals surface area contributed by atoms with Gasteiger partial charge in [-0.3, -0.25) is 4.79 Å². The number of amides is 1. The van der Waals surface area contributed by atoms with Gasteiger partial charge >= 0.3 is 0 Å². The number of ether oxygens (including phenoxy) is 1. The lowest BCUT2D eigenvalue weighted by atomic mass is 9.99. The summed E-state index contributed by atoms with van der Waals surface area (Å²) in [7, 11) is 0. The van der Waals surface area contributed by atoms with Gasteiger partial charge in [-0.05, 0) is 65.9 Å². The van der Waals surface area contributed by atoms with E-state index in [4.69, 9.17) is 21.7 Å². The maximum Gasteiger partial charge on any atom is 0.256 e. The van der Waals surface area contributed by atoms with E-state index in [0.717, 1.165) is 11.1 Å². The minimum Gasteiger partial charge on any atom is -0.339 e. The fourth-order valence-electron chi connectivity index (χ4n) is 2.96. The monoisotopic (exact) mass is 460 g/mol. The molecule has 31 heavy (non-hydrogen) atoms. The molecule has 0 saturated heterocycles. The molecule has 0 aliphatic carbocycles. The highest BCUT2D eigenvalue weighted by Gasteiger charge is 2.18. The maximum atomic E-state index is 14.3. The Morgan fingerprint density at radius 2 is 2.03 bits per heavy atom. The molecule has 1 atom stereocenters. The normalized spacial score (nSPS) is 11.7. The van der Waals surface area contributed by atoms with E-state index in [1.807, 2.05) is 12.3 Å². The third kappa shape index (κ3) is 5.70. The van der Waals surface area contributed by atoms with Crippen LogP contribution in [-0.2, 0) is 4.74 Å². The number of carbonyl (C=O) groups is 1. The molecule has 2 N–H and O–H groups in total. The Kier molecular flexibility index (Phi) is 7.79. The summed E-state index contributed by atoms with van der Waals surface area (Å²) in [6, 6.07) is 15.7. The Labute approximate surface area is 188 Å². The molecule has 8 heteroatoms. The van der Waals surface area contributed by atoms with E-state index < -0.39 is 18.1 Å². The summed E-state index contributed by atoms with van der Waals surface area (Å²) < 4.78 is 32.9. The van der Waals surface area contributed by atoms with Crippen molar-refractivity contribution in [1.82, 2.24) is 0 Å². The number of hydrogen-bond acceptors (Lipinski definition) is 4. The van der Waals surface area contributed by atoms with Crippen LogP contribution in [0.4, 0.5) is 14.5 Å². The number of alkyl halides is 1. The fraction of sp³-hybridized carbons (Fsp3) is 0.130. The zero-order chi connectivity index (χ0) is 22.4. The Hall–Kier alpha value is -2.74. The van der Waals surface area contributed by atoms with Gasteiger partial charge in [-0.2, -0.15) is 0 Å². The number of thioether (sulfide) groups is 1. The molecule has 0 spiro atoms. The standard InChI is InChI=1S/C23H19ClF2N2O2S/c1-31-17-6-7-18(19(13-17)14-3-2-4-15(25)11-14)23(29)28-16-5-8-21(24)20(12-16)22(26)30-10-9-27/h2-9,11-13,22,27H,10H2,1H3,(H,28,29). The second kappa shape index (κ2) is 10.5. The van der Waals surface area contributed by atoms with E-state index in [2.05, 4.69) is 5.32 Å². The molecule has 0 aliphatic heterocycles. The van der Waals surface area contributed by atoms with E-state index in [0.29, 0.717) is 22.4 Å². The zero-order valence-corrected chi connectivity index (χ0v) is 18.1. The Bertz CT molecular complexity index is 1110. The molecule has 4 nitrogen and oxygen atoms in total. The molecule has 0 aliphatic rings. The summed E-state index contributed by atoms with van der Waals surface area (Å²) in [5.74, 6) is -0.837. The molecule has 3 rings (SSSR count). The maximum absolute atomic E-state index is 14.3. The molecule has 1 amide bonds. The highest BCUT2D eigenvalue weighted by molar-refractivity contribution is 7.98. The van der Waals surface area contributed by atoms with Crippen LogP contribution in [0, 0.1) is 11.2 Å². The van der Waals surface area contributed by atoms with Crippen LogP contribution < -0.4 is 5.32 Å². The van der Waals surface area contributed by atoms with Gasteiger partial charge in [0.25, 0.3) is 5.91 Å². The molecule has 0 heterocycles. The lowest BCUT2D eigenvalue weighted by Crippen LogP contribution is -2.14. The Morgan fingerprint density at radius 3 is 2.74 bits per heavy atom. The van der Waals surface area contributed by atoms with Crippen LogP contribution >= 0.6 is 23.4 Å². The third-order valence-corrected chi connectivity index (χ3v) is 5.50. The van der Waals surface area contributed by atoms with Gasteiger partial charge in [0.15, 0.2) is 0 Å². The zero-order valence-electron chi connectivity index (χ0n) is 16.5. The van der Waals surface area contributed by atoms with Crippen molar-refractivity contribution in [3.05, 3.63) is 82.6 Å². The first-order chi connectivity index (χ1) is 14.9. The van der Waals surface area contributed by atoms with Crippen LogP contribution in [0.5, 0.6) is 0 Å². The van der Waals surface area contributed by atoms with Crippen LogP contribution in [0.25, 0.3) is 11.1 Å². The predicted octanol–water partition coefficient (Wildman–Crippen LogP) is 6.75. The van der Waals surface area contributed by atoms with Gasteiger partial charge in [-0.15, -0.1) is 11.8 Å². The van der Waals surface area contributed by atoms with Crippen LogP contribution in [-0.4, -0.2) is 25.0 Å². The van der Waals surface area contributed by atoms with Crippen molar-refractivity contribution in [1.29, 1.82) is 5.41 Å². The average Bonchev–Trinajstić information content (AvgIpc) is 2.78. The molecule has 3 aromatic rings. The molecule has 0 radical (unpaired) electrons. The molecule has 160 valence electrons. The van der Waals surface area contributed by atoms with Crippen molar-refractivity contribution in [2.45, 2.75) is 11.3 Å². The van der Waals surface area contributed by atoms with Crippen LogP contribution in [0.2, 0.25) is 5.02 Å². The largest absolute Gasteiger partial charge is 0.339 e. The van der Waals surface area contributed by atoms with E-state index in [1.54, 1.807) is 30.3 Å². The number of halogens is 3. The first kappa shape index (κ1) is 22.9. The highest BCUT2D eigenvalue weighted by Crippen LogP contribution is 2.32. The molecule has 1 unspecified atom stereocenters. The second-order valence-corrected chi connectivity index (χ2v) is 7.75. The van der Waals surface area contributed by atoms with Crippen molar-refractivity contribution in [3.8, 4) is 11.1 Å². The van der Waals surface area contributed by atoms with Gasteiger partial charge in [-0.25, -0.2) is 8.78 Å². The molecular weight excluding hydrogens is 442 g/mol. The first-order valence-electron chi connectivity index (χ1n) is 9.22. The molecule has 0 saturated carbocycles. The van der Waals surface area contributed by atoms with Gasteiger partial charge in [0.1, 0.15) is 5.82 Å². The van der Waals surface area contributed by atoms with Gasteiger partial charge in [0, 0.05) is 32.9 Å². The average molecular weight is 461 g/mol. The lowest BCUT2D eigenvalue weighted by Gasteiger charge is -2.15. The summed E-state index contributed by atoms with van der Waals surface area (Å²) in [5, 5.41) is 9.82. The smallest absolute Gasteiger partial charge is 0.256 e. The number of benzene rings is 3. The minimum absolute atomic E-state index is 0.0457. The van der Waals surface area contributed by atoms with Crippen LogP contribution in [0.3, 0.4) is 0 Å². The Morgan fingerprint density at radius 1 is 1.23 bits per heavy atom. The topological polar surface area (TPSA) is 62.2 Å². The molecular formula is C23H19ClF2N2O2S. The fourth-order valence-corrected chi connectivity index (χ4v) is 3.60. The summed E-state index contributed by atoms with van der Waals surface area (Å²) in [6.45, 7) is -0.202. The van der Waals surface area contributed by atoms with Crippen LogP contribution in [0.15, 0.2) is 65.6 Å². The van der Waals surface area contributed by atoms with Gasteiger partial charge in [-0.1, -0.05) is 23.7 Å². The molecule has 3 aromatic carbocycles. The summed E-state index contributed by atoms with van der Waals surface area (Å²) in [6.07, 6.45) is 1.00. The highest BCUT2D eigenvalue weighted by atomic mass is 35.5. The number of hydrogen-bond donors (Lipinski definition) is 2. The van der Waals surface area contributed by atoms with Crippen molar-refractivity contribution >= 4 is 41.2 Å². The number of carbonyl (C=O) groups excluding carboxylic acids is 1. The van der Waals surface area contributed by atoms with Crippen LogP contribution in [0.1, 0.15) is 22.3 Å². The number of anilines is 1. The quantitative estimate of drug-likeness (QED) is 0.288. The first-order valence-corrected chi connectivity index (χ1v) is 10.8. The summed E-state index contributed by atoms with van der Waals surface area (Å²) in [5.41, 5.74) is 1.86. The minimum atomic E-state index is -1.84. The SMILES string of the molecule is CSc1ccc(C(=O)Nc2ccc(Cl)c(C(F)OCC=N)c2)c(-c2cccc(F)c2)c1. The van der Waals surface area contributed by atoms with E-state index in [1.165, 1.54) is 36.0 Å². The number of rotatable bonds is 8. The summed E-state index contributed by atoms with van der Waals surface area (Å²) in [4.78, 5) is 14.0. The molecule has 0 aromatic heterocycles. The molecule has 0 fully saturated rings. The van der Waals surface area contributed by atoms with E-state index >= 15 is 0 Å². The van der Waals surface area contributed by atoms with Crippen molar-refractivity contribution in [2.75, 3.05) is 18.2 Å². The predicted molar refractivity (Wildman–Crippen MR) is 122 cm³/mol. The Balaban J connectivity index is 1.93. The van der Waals surface area contributed by atoms with Gasteiger partial charge in [0.05, 0.1) is 6.61 Å². The lowest BCUT2D eigenvalue weighted by molar-refractivity contribution is -0.0203. The molecule has 0 bridgehead atoms. The summed E-state index contributed by atoms with van der Waals surface area (Å²) >= 11 is 7.56. The number of nitrogens with one attached hydrogen (secondary N) is 2. The van der Waals surface area contributed by atoms with Crippen molar-refractivity contribution in [3.63, 3.8) is 0 Å². The third-order valence-electron chi connectivity index (χ3n) is 4.43.